The summed E-state index contributed by atoms with van der Waals surface area (Å²) in [6.07, 6.45) is -11.3. The molecule has 0 radical (unpaired) electrons. The van der Waals surface area contributed by atoms with E-state index in [2.05, 4.69) is 0 Å². The van der Waals surface area contributed by atoms with Gasteiger partial charge in [0.1, 0.15) is 12.1 Å². The number of hydrogen-bond acceptors (Lipinski definition) is 6. The summed E-state index contributed by atoms with van der Waals surface area (Å²) in [5.74, 6) is -14.0. The van der Waals surface area contributed by atoms with Crippen LogP contribution in [0.3, 0.4) is 0 Å². The Kier molecular flexibility index (Phi) is 2.35. The van der Waals surface area contributed by atoms with Crippen molar-refractivity contribution in [2.75, 3.05) is 27.2 Å². The predicted octanol–water partition coefficient (Wildman–Crippen LogP) is 3.56. The van der Waals surface area contributed by atoms with E-state index in [0.717, 1.165) is 12.0 Å². The number of rotatable bonds is 7. The number of esters is 1. The Balaban J connectivity index is 2.45. The largest absolute Gasteiger partial charge is 0.493 e. The van der Waals surface area contributed by atoms with Gasteiger partial charge in [-0.05, 0) is 47.7 Å². The molecule has 0 saturated carbocycles. The molecular weight excluding hydrogens is 380 g/mol. The molecule has 3 rings (SSSR count). The van der Waals surface area contributed by atoms with E-state index in [-0.39, 0.29) is 0 Å². The second-order valence-corrected chi connectivity index (χ2v) is 6.61. The van der Waals surface area contributed by atoms with E-state index >= 15 is 0 Å². The summed E-state index contributed by atoms with van der Waals surface area (Å²) in [6.45, 7) is -13.1. The molecule has 6 nitrogen and oxygen atoms in total. The van der Waals surface area contributed by atoms with Crippen LogP contribution in [-0.4, -0.2) is 50.2 Å². The molecule has 0 amide bonds. The smallest absolute Gasteiger partial charge is 0.323 e. The average Bonchev–Trinajstić information content (AvgIpc) is 2.92. The highest BCUT2D eigenvalue weighted by Gasteiger charge is 2.41. The van der Waals surface area contributed by atoms with Gasteiger partial charge in [-0.3, -0.25) is 9.69 Å². The lowest BCUT2D eigenvalue weighted by Gasteiger charge is -2.47. The SMILES string of the molecule is [2H]c1c(OC([2H])([2H])[2H])c(OC)c([2H])c2c1C([2H])([2H])CN1CC(C([2H])([2H])C([2H])(C)C([2H])([2H])[2H])C([2H])(OC(=O)[C@@]([2H])(N)C([2H])(C([2H])([2H])[2H])C([2H])([2H])[2H])CC21[2H]. The molecule has 0 spiro atoms. The van der Waals surface area contributed by atoms with Crippen LogP contribution in [0.5, 0.6) is 11.5 Å². The molecule has 30 heavy (non-hydrogen) atoms. The van der Waals surface area contributed by atoms with E-state index in [9.17, 15) is 7.54 Å². The molecule has 2 aliphatic heterocycles. The van der Waals surface area contributed by atoms with Crippen molar-refractivity contribution in [3.63, 3.8) is 0 Å². The maximum absolute atomic E-state index is 13.8. The van der Waals surface area contributed by atoms with E-state index in [1.165, 1.54) is 0 Å². The summed E-state index contributed by atoms with van der Waals surface area (Å²) in [6, 6.07) is -8.92. The van der Waals surface area contributed by atoms with Gasteiger partial charge in [-0.15, -0.1) is 0 Å². The van der Waals surface area contributed by atoms with Gasteiger partial charge in [-0.2, -0.15) is 0 Å². The van der Waals surface area contributed by atoms with Crippen LogP contribution in [0.15, 0.2) is 12.1 Å². The molecule has 1 aromatic carbocycles. The molecule has 5 atom stereocenters. The van der Waals surface area contributed by atoms with Gasteiger partial charge in [0, 0.05) is 52.0 Å². The van der Waals surface area contributed by atoms with Gasteiger partial charge in [-0.25, -0.2) is 0 Å². The average molecular weight is 442 g/mol. The standard InChI is InChI=1S/C24H38N2O4/c1-14(2)9-17-13-26-8-7-16-10-21(28-5)22(29-6)11-18(16)19(26)12-20(17)30-24(27)23(25)15(3)4/h10-11,14-15,17,19-20,23H,7-9,12-13,25H2,1-6H3/t17?,19?,20?,23-/m0/s1/i1D3,3D3,4D3,5D3,7D2,9D2,10D,11D,14D,15D,19D,20D,23D/t14?,17?,19?,20?,23-. The number of methoxy groups -OCH3 is 2. The minimum atomic E-state index is -4.19. The van der Waals surface area contributed by atoms with Gasteiger partial charge in [0.05, 0.1) is 25.1 Å². The quantitative estimate of drug-likeness (QED) is 0.652. The second kappa shape index (κ2) is 9.56. The first-order chi connectivity index (χ1) is 23.1. The summed E-state index contributed by atoms with van der Waals surface area (Å²) in [5.41, 5.74) is 4.02. The number of ether oxygens (including phenoxy) is 3. The third-order valence-electron chi connectivity index (χ3n) is 4.59. The molecule has 2 N–H and O–H groups in total. The van der Waals surface area contributed by atoms with Gasteiger partial charge in [-0.1, -0.05) is 27.5 Å². The highest BCUT2D eigenvalue weighted by Crippen LogP contribution is 2.44. The maximum atomic E-state index is 13.8. The summed E-state index contributed by atoms with van der Waals surface area (Å²) >= 11 is 0. The topological polar surface area (TPSA) is 74.0 Å². The summed E-state index contributed by atoms with van der Waals surface area (Å²) in [4.78, 5) is 14.6. The van der Waals surface area contributed by atoms with Crippen LogP contribution in [0.1, 0.15) is 88.9 Å². The van der Waals surface area contributed by atoms with Gasteiger partial charge >= 0.3 is 5.97 Å². The molecule has 0 aromatic heterocycles. The van der Waals surface area contributed by atoms with Gasteiger partial charge in [0.2, 0.25) is 0 Å². The van der Waals surface area contributed by atoms with Crippen molar-refractivity contribution in [1.29, 1.82) is 0 Å². The van der Waals surface area contributed by atoms with Crippen molar-refractivity contribution in [1.82, 2.24) is 4.90 Å². The molecule has 1 fully saturated rings. The fourth-order valence-corrected chi connectivity index (χ4v) is 3.21. The normalized spacial score (nSPS) is 48.2. The number of carbonyl (C=O) groups excluding carboxylic acids is 1. The first-order valence-electron chi connectivity index (χ1n) is 20.3. The number of nitrogens with two attached hydrogens (primary N) is 1. The molecule has 2 aliphatic rings. The number of hydrogen-bond donors (Lipinski definition) is 1. The number of benzene rings is 1. The summed E-state index contributed by atoms with van der Waals surface area (Å²) < 4.78 is 205. The molecule has 2 heterocycles. The van der Waals surface area contributed by atoms with Crippen molar-refractivity contribution >= 4 is 5.97 Å². The number of piperidine rings is 1. The summed E-state index contributed by atoms with van der Waals surface area (Å²) in [5, 5.41) is 0. The van der Waals surface area contributed by atoms with Crippen LogP contribution in [-0.2, 0) is 15.9 Å². The Labute approximate surface area is 213 Å². The number of fused-ring (bicyclic) bond motifs is 3. The van der Waals surface area contributed by atoms with Crippen molar-refractivity contribution in [3.05, 3.63) is 23.2 Å². The first kappa shape index (κ1) is 7.38. The first-order valence-corrected chi connectivity index (χ1v) is 8.82. The summed E-state index contributed by atoms with van der Waals surface area (Å²) in [7, 11) is -2.35. The van der Waals surface area contributed by atoms with E-state index in [1.807, 2.05) is 0 Å². The molecule has 0 bridgehead atoms. The monoisotopic (exact) mass is 441 g/mol. The Morgan fingerprint density at radius 1 is 1.47 bits per heavy atom. The van der Waals surface area contributed by atoms with Gasteiger partial charge in [0.25, 0.3) is 0 Å². The fourth-order valence-electron chi connectivity index (χ4n) is 3.21. The Morgan fingerprint density at radius 2 is 2.27 bits per heavy atom. The van der Waals surface area contributed by atoms with Crippen LogP contribution in [0, 0.1) is 17.7 Å². The Hall–Kier alpha value is -1.79. The molecular formula is C24H38N2O4. The number of nitrogens with zero attached hydrogens (tertiary/aromatic N) is 1. The highest BCUT2D eigenvalue weighted by atomic mass is 16.5. The fraction of sp³-hybridized carbons (Fsp3) is 0.708. The minimum absolute atomic E-state index is 0.608. The molecule has 4 unspecified atom stereocenters. The highest BCUT2D eigenvalue weighted by molar-refractivity contribution is 5.76. The lowest BCUT2D eigenvalue weighted by molar-refractivity contribution is -0.160. The third-order valence-corrected chi connectivity index (χ3v) is 4.59. The van der Waals surface area contributed by atoms with Crippen molar-refractivity contribution in [3.8, 4) is 11.5 Å². The van der Waals surface area contributed by atoms with Crippen LogP contribution < -0.4 is 15.2 Å². The zero-order chi connectivity index (χ0) is 41.9. The Morgan fingerprint density at radius 3 is 2.97 bits per heavy atom. The van der Waals surface area contributed by atoms with Crippen LogP contribution in [0.4, 0.5) is 0 Å². The third kappa shape index (κ3) is 4.75. The lowest BCUT2D eigenvalue weighted by Crippen LogP contribution is -2.51. The van der Waals surface area contributed by atoms with Crippen LogP contribution in [0.2, 0.25) is 0 Å². The zero-order valence-electron chi connectivity index (χ0n) is 39.4. The molecule has 0 aliphatic carbocycles. The van der Waals surface area contributed by atoms with E-state index in [0.29, 0.717) is 6.92 Å². The van der Waals surface area contributed by atoms with E-state index in [1.54, 1.807) is 0 Å². The van der Waals surface area contributed by atoms with Crippen LogP contribution >= 0.6 is 0 Å². The predicted molar refractivity (Wildman–Crippen MR) is 118 cm³/mol. The maximum Gasteiger partial charge on any atom is 0.323 e. The Bertz CT molecular complexity index is 1600. The van der Waals surface area contributed by atoms with Gasteiger partial charge < -0.3 is 19.9 Å². The molecule has 1 aromatic rings. The molecule has 6 heteroatoms. The zero-order valence-corrected chi connectivity index (χ0v) is 16.4. The van der Waals surface area contributed by atoms with Gasteiger partial charge in [0.15, 0.2) is 11.5 Å². The van der Waals surface area contributed by atoms with Crippen molar-refractivity contribution < 1.29 is 50.5 Å². The van der Waals surface area contributed by atoms with Crippen molar-refractivity contribution in [2.45, 2.75) is 64.8 Å². The molecule has 1 saturated heterocycles. The van der Waals surface area contributed by atoms with E-state index in [4.69, 9.17) is 48.7 Å². The number of carbonyl (C=O) groups is 1. The lowest BCUT2D eigenvalue weighted by atomic mass is 9.79. The van der Waals surface area contributed by atoms with Crippen molar-refractivity contribution in [2.24, 2.45) is 23.4 Å². The van der Waals surface area contributed by atoms with E-state index < -0.39 is 136 Å². The minimum Gasteiger partial charge on any atom is -0.493 e. The second-order valence-electron chi connectivity index (χ2n) is 6.61. The van der Waals surface area contributed by atoms with Crippen LogP contribution in [0.25, 0.3) is 0 Å². The molecule has 168 valence electrons.